The molecule has 27 heavy (non-hydrogen) atoms. The van der Waals surface area contributed by atoms with Crippen molar-refractivity contribution in [3.8, 4) is 0 Å². The van der Waals surface area contributed by atoms with Crippen molar-refractivity contribution in [3.05, 3.63) is 64.7 Å². The monoisotopic (exact) mass is 402 g/mol. The first kappa shape index (κ1) is 19.0. The van der Waals surface area contributed by atoms with Crippen LogP contribution in [0.2, 0.25) is 0 Å². The first-order valence-corrected chi connectivity index (χ1v) is 10.4. The van der Waals surface area contributed by atoms with Crippen LogP contribution < -0.4 is 10.0 Å². The molecule has 0 aliphatic rings. The number of hydrogen-bond donors (Lipinski definition) is 2. The van der Waals surface area contributed by atoms with Crippen LogP contribution in [-0.4, -0.2) is 24.5 Å². The van der Waals surface area contributed by atoms with Crippen molar-refractivity contribution in [2.24, 2.45) is 0 Å². The van der Waals surface area contributed by atoms with E-state index >= 15 is 0 Å². The predicted molar refractivity (Wildman–Crippen MR) is 106 cm³/mol. The quantitative estimate of drug-likeness (QED) is 0.636. The predicted octanol–water partition coefficient (Wildman–Crippen LogP) is 3.52. The van der Waals surface area contributed by atoms with Crippen molar-refractivity contribution in [1.82, 2.24) is 10.2 Å². The van der Waals surface area contributed by atoms with E-state index in [9.17, 15) is 13.2 Å². The second-order valence-corrected chi connectivity index (χ2v) is 8.91. The number of sulfonamides is 1. The first-order valence-electron chi connectivity index (χ1n) is 8.07. The van der Waals surface area contributed by atoms with Gasteiger partial charge in [0.2, 0.25) is 5.13 Å². The Labute approximate surface area is 161 Å². The van der Waals surface area contributed by atoms with E-state index in [0.29, 0.717) is 11.3 Å². The molecule has 140 valence electrons. The van der Waals surface area contributed by atoms with Gasteiger partial charge in [-0.15, -0.1) is 10.2 Å². The molecule has 9 heteroatoms. The van der Waals surface area contributed by atoms with Crippen LogP contribution in [0.15, 0.2) is 46.8 Å². The largest absolute Gasteiger partial charge is 0.296 e. The van der Waals surface area contributed by atoms with Crippen molar-refractivity contribution in [2.75, 3.05) is 10.0 Å². The lowest BCUT2D eigenvalue weighted by molar-refractivity contribution is 0.102. The summed E-state index contributed by atoms with van der Waals surface area (Å²) in [4.78, 5) is 12.1. The van der Waals surface area contributed by atoms with Gasteiger partial charge in [0, 0.05) is 5.56 Å². The molecule has 1 amide bonds. The van der Waals surface area contributed by atoms with E-state index in [1.165, 1.54) is 0 Å². The molecule has 2 aromatic carbocycles. The Kier molecular flexibility index (Phi) is 5.24. The van der Waals surface area contributed by atoms with Crippen molar-refractivity contribution < 1.29 is 13.2 Å². The summed E-state index contributed by atoms with van der Waals surface area (Å²) in [6.07, 6.45) is 0. The number of aryl methyl sites for hydroxylation is 3. The fourth-order valence-electron chi connectivity index (χ4n) is 2.65. The molecule has 0 saturated carbocycles. The summed E-state index contributed by atoms with van der Waals surface area (Å²) in [6, 6.07) is 12.4. The Bertz CT molecular complexity index is 1070. The number of carbonyl (C=O) groups is 1. The van der Waals surface area contributed by atoms with E-state index in [2.05, 4.69) is 20.2 Å². The summed E-state index contributed by atoms with van der Waals surface area (Å²) in [6.45, 7) is 5.62. The topological polar surface area (TPSA) is 101 Å². The van der Waals surface area contributed by atoms with Gasteiger partial charge < -0.3 is 0 Å². The Morgan fingerprint density at radius 3 is 2.26 bits per heavy atom. The zero-order valence-corrected chi connectivity index (χ0v) is 16.6. The van der Waals surface area contributed by atoms with Gasteiger partial charge >= 0.3 is 0 Å². The SMILES string of the molecule is Cc1cc(C)c(NS(=O)(=O)c2nnc(NC(=O)c3ccccc3)s2)c(C)c1. The molecule has 0 unspecified atom stereocenters. The maximum Gasteiger partial charge on any atom is 0.291 e. The molecular weight excluding hydrogens is 384 g/mol. The minimum atomic E-state index is -3.91. The zero-order valence-electron chi connectivity index (χ0n) is 15.0. The Morgan fingerprint density at radius 1 is 1.00 bits per heavy atom. The smallest absolute Gasteiger partial charge is 0.291 e. The number of anilines is 2. The molecule has 0 bridgehead atoms. The molecule has 0 aliphatic heterocycles. The lowest BCUT2D eigenvalue weighted by atomic mass is 10.1. The molecule has 0 saturated heterocycles. The number of rotatable bonds is 5. The van der Waals surface area contributed by atoms with Gasteiger partial charge in [-0.3, -0.25) is 14.8 Å². The normalized spacial score (nSPS) is 11.2. The van der Waals surface area contributed by atoms with E-state index in [4.69, 9.17) is 0 Å². The molecule has 0 spiro atoms. The van der Waals surface area contributed by atoms with Crippen molar-refractivity contribution >= 4 is 38.1 Å². The third-order valence-corrected chi connectivity index (χ3v) is 6.36. The maximum absolute atomic E-state index is 12.6. The lowest BCUT2D eigenvalue weighted by Gasteiger charge is -2.12. The number of carbonyl (C=O) groups excluding carboxylic acids is 1. The minimum absolute atomic E-state index is 0.113. The van der Waals surface area contributed by atoms with Crippen LogP contribution in [0.4, 0.5) is 10.8 Å². The van der Waals surface area contributed by atoms with E-state index < -0.39 is 10.0 Å². The summed E-state index contributed by atoms with van der Waals surface area (Å²) in [7, 11) is -3.91. The highest BCUT2D eigenvalue weighted by Gasteiger charge is 2.23. The van der Waals surface area contributed by atoms with Gasteiger partial charge in [0.05, 0.1) is 5.69 Å². The molecule has 0 atom stereocenters. The van der Waals surface area contributed by atoms with Crippen molar-refractivity contribution in [2.45, 2.75) is 25.1 Å². The summed E-state index contributed by atoms with van der Waals surface area (Å²) < 4.78 is 27.6. The molecule has 2 N–H and O–H groups in total. The van der Waals surface area contributed by atoms with Crippen molar-refractivity contribution in [1.29, 1.82) is 0 Å². The van der Waals surface area contributed by atoms with Gasteiger partial charge in [-0.25, -0.2) is 0 Å². The molecule has 7 nitrogen and oxygen atoms in total. The van der Waals surface area contributed by atoms with Crippen LogP contribution in [0.1, 0.15) is 27.0 Å². The molecule has 1 heterocycles. The Morgan fingerprint density at radius 2 is 1.63 bits per heavy atom. The maximum atomic E-state index is 12.6. The molecule has 0 radical (unpaired) electrons. The number of aromatic nitrogens is 2. The average molecular weight is 403 g/mol. The summed E-state index contributed by atoms with van der Waals surface area (Å²) >= 11 is 0.792. The van der Waals surface area contributed by atoms with Gasteiger partial charge in [0.25, 0.3) is 20.3 Å². The Balaban J connectivity index is 1.80. The van der Waals surface area contributed by atoms with E-state index in [-0.39, 0.29) is 15.4 Å². The third kappa shape index (κ3) is 4.32. The zero-order chi connectivity index (χ0) is 19.6. The van der Waals surface area contributed by atoms with Crippen LogP contribution in [0, 0.1) is 20.8 Å². The van der Waals surface area contributed by atoms with E-state index in [1.54, 1.807) is 30.3 Å². The average Bonchev–Trinajstić information content (AvgIpc) is 3.08. The van der Waals surface area contributed by atoms with Crippen LogP contribution in [0.25, 0.3) is 0 Å². The molecular formula is C18H18N4O3S2. The van der Waals surface area contributed by atoms with Gasteiger partial charge in [0.1, 0.15) is 0 Å². The van der Waals surface area contributed by atoms with Crippen molar-refractivity contribution in [3.63, 3.8) is 0 Å². The fourth-order valence-corrected chi connectivity index (χ4v) is 4.75. The van der Waals surface area contributed by atoms with Crippen LogP contribution in [0.5, 0.6) is 0 Å². The number of hydrogen-bond acceptors (Lipinski definition) is 6. The molecule has 1 aromatic heterocycles. The highest BCUT2D eigenvalue weighted by Crippen LogP contribution is 2.27. The molecule has 3 rings (SSSR count). The summed E-state index contributed by atoms with van der Waals surface area (Å²) in [5.41, 5.74) is 3.65. The van der Waals surface area contributed by atoms with Gasteiger partial charge in [-0.05, 0) is 44.0 Å². The van der Waals surface area contributed by atoms with E-state index in [1.807, 2.05) is 32.9 Å². The Hall–Kier alpha value is -2.78. The highest BCUT2D eigenvalue weighted by atomic mass is 32.2. The van der Waals surface area contributed by atoms with Gasteiger partial charge in [-0.2, -0.15) is 8.42 Å². The minimum Gasteiger partial charge on any atom is -0.296 e. The number of nitrogens with zero attached hydrogens (tertiary/aromatic N) is 2. The number of benzene rings is 2. The summed E-state index contributed by atoms with van der Waals surface area (Å²) in [5, 5.41) is 10.1. The van der Waals surface area contributed by atoms with Crippen LogP contribution in [-0.2, 0) is 10.0 Å². The number of amides is 1. The fraction of sp³-hybridized carbons (Fsp3) is 0.167. The molecule has 0 aliphatic carbocycles. The molecule has 3 aromatic rings. The molecule has 0 fully saturated rings. The lowest BCUT2D eigenvalue weighted by Crippen LogP contribution is -2.14. The van der Waals surface area contributed by atoms with Crippen LogP contribution in [0.3, 0.4) is 0 Å². The summed E-state index contributed by atoms with van der Waals surface area (Å²) in [5.74, 6) is -0.381. The van der Waals surface area contributed by atoms with Crippen LogP contribution >= 0.6 is 11.3 Å². The second kappa shape index (κ2) is 7.45. The second-order valence-electron chi connectivity index (χ2n) is 6.07. The highest BCUT2D eigenvalue weighted by molar-refractivity contribution is 7.94. The third-order valence-electron chi connectivity index (χ3n) is 3.81. The van der Waals surface area contributed by atoms with E-state index in [0.717, 1.165) is 28.0 Å². The van der Waals surface area contributed by atoms with Gasteiger partial charge in [-0.1, -0.05) is 47.2 Å². The standard InChI is InChI=1S/C18H18N4O3S2/c1-11-9-12(2)15(13(3)10-11)22-27(24,25)18-21-20-17(26-18)19-16(23)14-7-5-4-6-8-14/h4-10,22H,1-3H3,(H,19,20,23). The first-order chi connectivity index (χ1) is 12.8. The number of nitrogens with one attached hydrogen (secondary N) is 2. The van der Waals surface area contributed by atoms with Gasteiger partial charge in [0.15, 0.2) is 0 Å².